The normalized spacial score (nSPS) is 11.0. The first-order valence-electron chi connectivity index (χ1n) is 12.3. The summed E-state index contributed by atoms with van der Waals surface area (Å²) in [5.41, 5.74) is 0.911. The molecule has 166 valence electrons. The molecule has 3 nitrogen and oxygen atoms in total. The Morgan fingerprint density at radius 2 is 1.23 bits per heavy atom. The summed E-state index contributed by atoms with van der Waals surface area (Å²) >= 11 is 0. The van der Waals surface area contributed by atoms with E-state index in [-0.39, 0.29) is 6.03 Å². The number of carbonyl (C=O) groups excluding carboxylic acids is 1. The molecule has 2 aromatic rings. The molecule has 2 aromatic carbocycles. The molecule has 1 N–H and O–H groups in total. The molecular weight excluding hydrogens is 368 g/mol. The van der Waals surface area contributed by atoms with Crippen LogP contribution in [0.25, 0.3) is 10.8 Å². The van der Waals surface area contributed by atoms with Crippen molar-refractivity contribution in [2.45, 2.75) is 90.9 Å². The minimum atomic E-state index is 0.0495. The number of fused-ring (bicyclic) bond motifs is 1. The van der Waals surface area contributed by atoms with Gasteiger partial charge in [-0.05, 0) is 24.3 Å². The summed E-state index contributed by atoms with van der Waals surface area (Å²) in [4.78, 5) is 15.1. The highest BCUT2D eigenvalue weighted by Gasteiger charge is 2.14. The van der Waals surface area contributed by atoms with Gasteiger partial charge in [0.05, 0.1) is 5.69 Å². The van der Waals surface area contributed by atoms with Crippen LogP contribution in [0.3, 0.4) is 0 Å². The Hall–Kier alpha value is -2.03. The van der Waals surface area contributed by atoms with E-state index in [1.54, 1.807) is 0 Å². The summed E-state index contributed by atoms with van der Waals surface area (Å²) < 4.78 is 0. The van der Waals surface area contributed by atoms with Gasteiger partial charge in [-0.25, -0.2) is 4.79 Å². The van der Waals surface area contributed by atoms with E-state index in [0.29, 0.717) is 0 Å². The van der Waals surface area contributed by atoms with Gasteiger partial charge < -0.3 is 10.2 Å². The molecule has 0 aromatic heterocycles. The zero-order valence-corrected chi connectivity index (χ0v) is 19.3. The quantitative estimate of drug-likeness (QED) is 0.294. The van der Waals surface area contributed by atoms with Crippen LogP contribution in [-0.4, -0.2) is 24.0 Å². The van der Waals surface area contributed by atoms with E-state index in [0.717, 1.165) is 42.4 Å². The molecule has 3 heteroatoms. The molecule has 0 aliphatic carbocycles. The minimum Gasteiger partial charge on any atom is -0.325 e. The highest BCUT2D eigenvalue weighted by atomic mass is 16.2. The zero-order chi connectivity index (χ0) is 21.4. The Balaban J connectivity index is 1.90. The first kappa shape index (κ1) is 24.2. The second-order valence-corrected chi connectivity index (χ2v) is 8.48. The van der Waals surface area contributed by atoms with E-state index >= 15 is 0 Å². The Kier molecular flexibility index (Phi) is 12.0. The van der Waals surface area contributed by atoms with Gasteiger partial charge in [0.25, 0.3) is 0 Å². The molecule has 0 aliphatic heterocycles. The van der Waals surface area contributed by atoms with Gasteiger partial charge in [-0.15, -0.1) is 0 Å². The Morgan fingerprint density at radius 3 is 1.87 bits per heavy atom. The van der Waals surface area contributed by atoms with Gasteiger partial charge in [-0.1, -0.05) is 114 Å². The molecule has 0 fully saturated rings. The lowest BCUT2D eigenvalue weighted by atomic mass is 10.1. The van der Waals surface area contributed by atoms with Gasteiger partial charge >= 0.3 is 6.03 Å². The lowest BCUT2D eigenvalue weighted by molar-refractivity contribution is 0.209. The van der Waals surface area contributed by atoms with Crippen LogP contribution in [-0.2, 0) is 0 Å². The monoisotopic (exact) mass is 410 g/mol. The maximum Gasteiger partial charge on any atom is 0.321 e. The highest BCUT2D eigenvalue weighted by molar-refractivity contribution is 6.01. The van der Waals surface area contributed by atoms with Gasteiger partial charge in [0.2, 0.25) is 0 Å². The van der Waals surface area contributed by atoms with Crippen LogP contribution < -0.4 is 5.32 Å². The topological polar surface area (TPSA) is 32.3 Å². The van der Waals surface area contributed by atoms with Crippen molar-refractivity contribution >= 4 is 22.5 Å². The van der Waals surface area contributed by atoms with E-state index in [1.165, 1.54) is 64.2 Å². The Morgan fingerprint density at radius 1 is 0.700 bits per heavy atom. The lowest BCUT2D eigenvalue weighted by Gasteiger charge is -2.24. The molecule has 2 amide bonds. The second-order valence-electron chi connectivity index (χ2n) is 8.48. The smallest absolute Gasteiger partial charge is 0.321 e. The predicted octanol–water partition coefficient (Wildman–Crippen LogP) is 8.39. The molecule has 0 heterocycles. The molecule has 0 bridgehead atoms. The third-order valence-electron chi connectivity index (χ3n) is 5.88. The van der Waals surface area contributed by atoms with Crippen molar-refractivity contribution < 1.29 is 4.79 Å². The predicted molar refractivity (Wildman–Crippen MR) is 131 cm³/mol. The molecule has 0 spiro atoms. The van der Waals surface area contributed by atoms with Crippen LogP contribution in [0.15, 0.2) is 42.5 Å². The fourth-order valence-electron chi connectivity index (χ4n) is 4.01. The summed E-state index contributed by atoms with van der Waals surface area (Å²) in [6.45, 7) is 6.22. The minimum absolute atomic E-state index is 0.0495. The first-order valence-corrected chi connectivity index (χ1v) is 12.3. The van der Waals surface area contributed by atoms with Crippen LogP contribution in [0, 0.1) is 0 Å². The number of nitrogens with zero attached hydrogens (tertiary/aromatic N) is 1. The van der Waals surface area contributed by atoms with Gasteiger partial charge in [0.15, 0.2) is 0 Å². The lowest BCUT2D eigenvalue weighted by Crippen LogP contribution is -2.36. The molecule has 0 atom stereocenters. The second kappa shape index (κ2) is 14.9. The van der Waals surface area contributed by atoms with Gasteiger partial charge in [0, 0.05) is 18.5 Å². The molecule has 0 aliphatic rings. The van der Waals surface area contributed by atoms with Gasteiger partial charge in [0.1, 0.15) is 0 Å². The van der Waals surface area contributed by atoms with Crippen molar-refractivity contribution in [1.82, 2.24) is 4.90 Å². The van der Waals surface area contributed by atoms with Crippen molar-refractivity contribution in [2.75, 3.05) is 18.4 Å². The number of urea groups is 1. The Labute approximate surface area is 184 Å². The molecule has 30 heavy (non-hydrogen) atoms. The van der Waals surface area contributed by atoms with Crippen LogP contribution in [0.2, 0.25) is 0 Å². The Bertz CT molecular complexity index is 706. The van der Waals surface area contributed by atoms with Crippen LogP contribution >= 0.6 is 0 Å². The van der Waals surface area contributed by atoms with E-state index in [2.05, 4.69) is 37.4 Å². The molecule has 0 saturated carbocycles. The van der Waals surface area contributed by atoms with Crippen molar-refractivity contribution in [3.05, 3.63) is 42.5 Å². The third kappa shape index (κ3) is 8.77. The number of amides is 2. The summed E-state index contributed by atoms with van der Waals surface area (Å²) in [6, 6.07) is 14.4. The highest BCUT2D eigenvalue weighted by Crippen LogP contribution is 2.23. The number of benzene rings is 2. The zero-order valence-electron chi connectivity index (χ0n) is 19.3. The SMILES string of the molecule is CCCCCCCCN(CCCCCCCC)C(=O)Nc1cccc2ccccc12. The average molecular weight is 411 g/mol. The number of carbonyl (C=O) groups is 1. The summed E-state index contributed by atoms with van der Waals surface area (Å²) in [5, 5.41) is 5.46. The molecule has 0 saturated heterocycles. The molecule has 0 radical (unpaired) electrons. The number of anilines is 1. The molecule has 0 unspecified atom stereocenters. The number of nitrogens with one attached hydrogen (secondary N) is 1. The number of hydrogen-bond acceptors (Lipinski definition) is 1. The first-order chi connectivity index (χ1) is 14.8. The van der Waals surface area contributed by atoms with Gasteiger partial charge in [-0.2, -0.15) is 0 Å². The van der Waals surface area contributed by atoms with Crippen LogP contribution in [0.5, 0.6) is 0 Å². The fraction of sp³-hybridized carbons (Fsp3) is 0.593. The summed E-state index contributed by atoms with van der Waals surface area (Å²) in [6.07, 6.45) is 15.0. The van der Waals surface area contributed by atoms with Crippen molar-refractivity contribution in [3.63, 3.8) is 0 Å². The fourth-order valence-corrected chi connectivity index (χ4v) is 4.01. The largest absolute Gasteiger partial charge is 0.325 e. The number of unbranched alkanes of at least 4 members (excludes halogenated alkanes) is 10. The van der Waals surface area contributed by atoms with E-state index in [4.69, 9.17) is 0 Å². The molecule has 2 rings (SSSR count). The maximum absolute atomic E-state index is 13.1. The standard InChI is InChI=1S/C27H42N2O/c1-3-5-7-9-11-15-22-29(23-16-12-10-8-6-4-2)27(30)28-26-21-17-19-24-18-13-14-20-25(24)26/h13-14,17-21H,3-12,15-16,22-23H2,1-2H3,(H,28,30). The van der Waals surface area contributed by atoms with E-state index in [9.17, 15) is 4.79 Å². The van der Waals surface area contributed by atoms with Gasteiger partial charge in [-0.3, -0.25) is 0 Å². The summed E-state index contributed by atoms with van der Waals surface area (Å²) in [5.74, 6) is 0. The number of rotatable bonds is 15. The van der Waals surface area contributed by atoms with Crippen molar-refractivity contribution in [3.8, 4) is 0 Å². The van der Waals surface area contributed by atoms with Crippen LogP contribution in [0.4, 0.5) is 10.5 Å². The van der Waals surface area contributed by atoms with E-state index < -0.39 is 0 Å². The van der Waals surface area contributed by atoms with Crippen LogP contribution in [0.1, 0.15) is 90.9 Å². The average Bonchev–Trinajstić information content (AvgIpc) is 2.77. The van der Waals surface area contributed by atoms with E-state index in [1.807, 2.05) is 29.2 Å². The van der Waals surface area contributed by atoms with Crippen molar-refractivity contribution in [1.29, 1.82) is 0 Å². The summed E-state index contributed by atoms with van der Waals surface area (Å²) in [7, 11) is 0. The molecular formula is C27H42N2O. The number of hydrogen-bond donors (Lipinski definition) is 1. The maximum atomic E-state index is 13.1. The van der Waals surface area contributed by atoms with Crippen molar-refractivity contribution in [2.24, 2.45) is 0 Å². The third-order valence-corrected chi connectivity index (χ3v) is 5.88.